The van der Waals surface area contributed by atoms with Crippen molar-refractivity contribution >= 4 is 40.0 Å². The molecule has 2 aromatic heterocycles. The van der Waals surface area contributed by atoms with Crippen LogP contribution in [0.25, 0.3) is 11.3 Å². The highest BCUT2D eigenvalue weighted by atomic mass is 32.2. The number of fused-ring (bicyclic) bond motifs is 1. The van der Waals surface area contributed by atoms with Crippen molar-refractivity contribution < 1.29 is 19.1 Å². The zero-order valence-electron chi connectivity index (χ0n) is 20.3. The molecule has 1 aliphatic rings. The van der Waals surface area contributed by atoms with E-state index >= 15 is 0 Å². The summed E-state index contributed by atoms with van der Waals surface area (Å²) in [6.07, 6.45) is 5.22. The Morgan fingerprint density at radius 3 is 2.61 bits per heavy atom. The fourth-order valence-corrected chi connectivity index (χ4v) is 6.34. The molecule has 0 saturated carbocycles. The Kier molecular flexibility index (Phi) is 8.62. The number of anilines is 1. The molecule has 2 heterocycles. The molecule has 0 spiro atoms. The van der Waals surface area contributed by atoms with Crippen LogP contribution in [-0.2, 0) is 22.4 Å². The van der Waals surface area contributed by atoms with Gasteiger partial charge in [0.05, 0.1) is 31.0 Å². The van der Waals surface area contributed by atoms with Crippen LogP contribution in [-0.4, -0.2) is 36.8 Å². The standard InChI is InChI=1S/C27H27N3O4S2/c1-33-19-11-8-17(9-12-19)21-13-10-18(16-28)25(29-21)35-15-14-23(31)30-26-24(27(32)34-2)20-6-4-3-5-7-22(20)36-26/h8-13H,3-7,14-15H2,1-2H3,(H,30,31). The first-order chi connectivity index (χ1) is 17.5. The lowest BCUT2D eigenvalue weighted by Gasteiger charge is -2.09. The zero-order chi connectivity index (χ0) is 25.5. The van der Waals surface area contributed by atoms with Crippen LogP contribution in [0.3, 0.4) is 0 Å². The highest BCUT2D eigenvalue weighted by Gasteiger charge is 2.26. The number of methoxy groups -OCH3 is 2. The number of rotatable bonds is 8. The lowest BCUT2D eigenvalue weighted by Crippen LogP contribution is -2.15. The summed E-state index contributed by atoms with van der Waals surface area (Å²) in [5.74, 6) is 0.606. The molecule has 0 bridgehead atoms. The second-order valence-electron chi connectivity index (χ2n) is 8.30. The Labute approximate surface area is 218 Å². The molecular weight excluding hydrogens is 494 g/mol. The van der Waals surface area contributed by atoms with E-state index in [1.807, 2.05) is 30.3 Å². The number of carbonyl (C=O) groups is 2. The number of aryl methyl sites for hydroxylation is 1. The highest BCUT2D eigenvalue weighted by molar-refractivity contribution is 7.99. The Hall–Kier alpha value is -3.35. The summed E-state index contributed by atoms with van der Waals surface area (Å²) >= 11 is 2.85. The van der Waals surface area contributed by atoms with Gasteiger partial charge in [0.2, 0.25) is 5.91 Å². The van der Waals surface area contributed by atoms with Gasteiger partial charge >= 0.3 is 5.97 Å². The fraction of sp³-hybridized carbons (Fsp3) is 0.333. The SMILES string of the molecule is COC(=O)c1c(NC(=O)CCSc2nc(-c3ccc(OC)cc3)ccc2C#N)sc2c1CCCCC2. The maximum Gasteiger partial charge on any atom is 0.341 e. The summed E-state index contributed by atoms with van der Waals surface area (Å²) in [4.78, 5) is 31.1. The molecule has 4 rings (SSSR count). The molecule has 186 valence electrons. The largest absolute Gasteiger partial charge is 0.497 e. The molecule has 0 unspecified atom stereocenters. The Morgan fingerprint density at radius 1 is 1.11 bits per heavy atom. The summed E-state index contributed by atoms with van der Waals surface area (Å²) in [5.41, 5.74) is 3.64. The Morgan fingerprint density at radius 2 is 1.89 bits per heavy atom. The van der Waals surface area contributed by atoms with Gasteiger partial charge in [-0.3, -0.25) is 4.79 Å². The number of pyridine rings is 1. The minimum absolute atomic E-state index is 0.186. The summed E-state index contributed by atoms with van der Waals surface area (Å²) in [5, 5.41) is 13.6. The zero-order valence-corrected chi connectivity index (χ0v) is 21.9. The van der Waals surface area contributed by atoms with Crippen molar-refractivity contribution in [1.29, 1.82) is 5.26 Å². The van der Waals surface area contributed by atoms with Gasteiger partial charge in [0.1, 0.15) is 21.8 Å². The predicted molar refractivity (Wildman–Crippen MR) is 142 cm³/mol. The molecule has 1 N–H and O–H groups in total. The topological polar surface area (TPSA) is 101 Å². The van der Waals surface area contributed by atoms with E-state index in [1.54, 1.807) is 13.2 Å². The maximum absolute atomic E-state index is 12.8. The molecule has 1 amide bonds. The molecule has 3 aromatic rings. The van der Waals surface area contributed by atoms with E-state index < -0.39 is 5.97 Å². The van der Waals surface area contributed by atoms with E-state index in [0.29, 0.717) is 26.9 Å². The van der Waals surface area contributed by atoms with Crippen LogP contribution >= 0.6 is 23.1 Å². The predicted octanol–water partition coefficient (Wildman–Crippen LogP) is 5.87. The van der Waals surface area contributed by atoms with Crippen molar-refractivity contribution in [2.45, 2.75) is 43.6 Å². The third-order valence-electron chi connectivity index (χ3n) is 6.00. The quantitative estimate of drug-likeness (QED) is 0.225. The van der Waals surface area contributed by atoms with Gasteiger partial charge < -0.3 is 14.8 Å². The number of hydrogen-bond acceptors (Lipinski definition) is 8. The Bertz CT molecular complexity index is 1300. The molecule has 0 aliphatic heterocycles. The smallest absolute Gasteiger partial charge is 0.341 e. The van der Waals surface area contributed by atoms with E-state index in [2.05, 4.69) is 16.4 Å². The highest BCUT2D eigenvalue weighted by Crippen LogP contribution is 2.38. The number of hydrogen-bond donors (Lipinski definition) is 1. The van der Waals surface area contributed by atoms with Gasteiger partial charge in [-0.25, -0.2) is 9.78 Å². The maximum atomic E-state index is 12.8. The Balaban J connectivity index is 1.43. The second kappa shape index (κ2) is 12.1. The molecule has 1 aliphatic carbocycles. The monoisotopic (exact) mass is 521 g/mol. The van der Waals surface area contributed by atoms with Gasteiger partial charge in [0.25, 0.3) is 0 Å². The second-order valence-corrected chi connectivity index (χ2v) is 10.5. The van der Waals surface area contributed by atoms with Crippen molar-refractivity contribution in [2.75, 3.05) is 25.3 Å². The molecule has 0 atom stereocenters. The molecule has 0 radical (unpaired) electrons. The minimum Gasteiger partial charge on any atom is -0.497 e. The first-order valence-electron chi connectivity index (χ1n) is 11.7. The van der Waals surface area contributed by atoms with Crippen LogP contribution in [0, 0.1) is 11.3 Å². The third kappa shape index (κ3) is 5.89. The number of carbonyl (C=O) groups excluding carboxylic acids is 2. The van der Waals surface area contributed by atoms with Gasteiger partial charge in [0.15, 0.2) is 0 Å². The van der Waals surface area contributed by atoms with E-state index in [9.17, 15) is 14.9 Å². The van der Waals surface area contributed by atoms with Gasteiger partial charge in [-0.15, -0.1) is 23.1 Å². The average Bonchev–Trinajstić information content (AvgIpc) is 3.07. The third-order valence-corrected chi connectivity index (χ3v) is 8.20. The van der Waals surface area contributed by atoms with E-state index in [0.717, 1.165) is 59.6 Å². The molecule has 36 heavy (non-hydrogen) atoms. The molecule has 0 fully saturated rings. The first kappa shape index (κ1) is 25.7. The van der Waals surface area contributed by atoms with Crippen molar-refractivity contribution in [3.05, 3.63) is 58.0 Å². The summed E-state index contributed by atoms with van der Waals surface area (Å²) < 4.78 is 10.2. The number of amides is 1. The van der Waals surface area contributed by atoms with Crippen LogP contribution in [0.4, 0.5) is 5.00 Å². The number of ether oxygens (including phenoxy) is 2. The number of nitrogens with zero attached hydrogens (tertiary/aromatic N) is 2. The number of thiophene rings is 1. The van der Waals surface area contributed by atoms with Crippen molar-refractivity contribution in [1.82, 2.24) is 4.98 Å². The lowest BCUT2D eigenvalue weighted by molar-refractivity contribution is -0.115. The van der Waals surface area contributed by atoms with E-state index in [1.165, 1.54) is 30.2 Å². The van der Waals surface area contributed by atoms with E-state index in [4.69, 9.17) is 9.47 Å². The van der Waals surface area contributed by atoms with Crippen molar-refractivity contribution in [3.8, 4) is 23.1 Å². The van der Waals surface area contributed by atoms with Gasteiger partial charge in [-0.1, -0.05) is 6.42 Å². The van der Waals surface area contributed by atoms with Crippen LogP contribution in [0.15, 0.2) is 41.4 Å². The van der Waals surface area contributed by atoms with Crippen molar-refractivity contribution in [3.63, 3.8) is 0 Å². The van der Waals surface area contributed by atoms with Crippen LogP contribution < -0.4 is 10.1 Å². The minimum atomic E-state index is -0.405. The molecule has 0 saturated heterocycles. The number of benzene rings is 1. The number of nitrogens with one attached hydrogen (secondary N) is 1. The summed E-state index contributed by atoms with van der Waals surface area (Å²) in [7, 11) is 2.98. The van der Waals surface area contributed by atoms with Gasteiger partial charge in [-0.2, -0.15) is 5.26 Å². The van der Waals surface area contributed by atoms with Crippen molar-refractivity contribution in [2.24, 2.45) is 0 Å². The average molecular weight is 522 g/mol. The number of thioether (sulfide) groups is 1. The molecule has 1 aromatic carbocycles. The van der Waals surface area contributed by atoms with Gasteiger partial charge in [-0.05, 0) is 67.6 Å². The number of aromatic nitrogens is 1. The van der Waals surface area contributed by atoms with E-state index in [-0.39, 0.29) is 12.3 Å². The number of nitriles is 1. The molecular formula is C27H27N3O4S2. The lowest BCUT2D eigenvalue weighted by atomic mass is 10.1. The van der Waals surface area contributed by atoms with Crippen LogP contribution in [0.2, 0.25) is 0 Å². The van der Waals surface area contributed by atoms with Crippen LogP contribution in [0.5, 0.6) is 5.75 Å². The van der Waals surface area contributed by atoms with Gasteiger partial charge in [0, 0.05) is 22.6 Å². The number of esters is 1. The van der Waals surface area contributed by atoms with Crippen LogP contribution in [0.1, 0.15) is 52.0 Å². The molecule has 9 heteroatoms. The fourth-order valence-electron chi connectivity index (χ4n) is 4.14. The summed E-state index contributed by atoms with van der Waals surface area (Å²) in [6, 6.07) is 13.3. The normalized spacial score (nSPS) is 12.7. The molecule has 7 nitrogen and oxygen atoms in total. The first-order valence-corrected chi connectivity index (χ1v) is 13.5. The summed E-state index contributed by atoms with van der Waals surface area (Å²) in [6.45, 7) is 0.